The van der Waals surface area contributed by atoms with Gasteiger partial charge in [-0.15, -0.1) is 0 Å². The fourth-order valence-corrected chi connectivity index (χ4v) is 2.96. The maximum Gasteiger partial charge on any atom is 0.196 e. The number of rotatable bonds is 2. The molecule has 0 unspecified atom stereocenters. The number of halogens is 2. The molecule has 1 heterocycles. The number of para-hydroxylation sites is 1. The minimum Gasteiger partial charge on any atom is -0.358 e. The number of hydrogen-bond donors (Lipinski definition) is 1. The highest BCUT2D eigenvalue weighted by Crippen LogP contribution is 2.31. The zero-order chi connectivity index (χ0) is 14.3. The van der Waals surface area contributed by atoms with Crippen molar-refractivity contribution in [1.29, 1.82) is 0 Å². The third kappa shape index (κ3) is 2.07. The maximum atomic E-state index is 12.8. The lowest BCUT2D eigenvalue weighted by Crippen LogP contribution is -2.03. The number of carbonyl (C=O) groups is 1. The molecule has 0 spiro atoms. The van der Waals surface area contributed by atoms with Crippen LogP contribution in [0.25, 0.3) is 10.9 Å². The Labute approximate surface area is 129 Å². The van der Waals surface area contributed by atoms with Crippen LogP contribution in [0.1, 0.15) is 21.6 Å². The van der Waals surface area contributed by atoms with Gasteiger partial charge in [0.15, 0.2) is 5.78 Å². The number of aromatic amines is 1. The molecule has 0 aliphatic carbocycles. The zero-order valence-corrected chi connectivity index (χ0v) is 13.0. The second-order valence-electron chi connectivity index (χ2n) is 4.60. The maximum absolute atomic E-state index is 12.8. The molecule has 4 heteroatoms. The van der Waals surface area contributed by atoms with Gasteiger partial charge in [0.2, 0.25) is 0 Å². The number of carbonyl (C=O) groups excluding carboxylic acids is 1. The topological polar surface area (TPSA) is 32.9 Å². The summed E-state index contributed by atoms with van der Waals surface area (Å²) in [6, 6.07) is 13.2. The fraction of sp³-hybridized carbons (Fsp3) is 0.0625. The monoisotopic (exact) mass is 347 g/mol. The van der Waals surface area contributed by atoms with Gasteiger partial charge in [-0.25, -0.2) is 0 Å². The first kappa shape index (κ1) is 13.4. The molecule has 3 rings (SSSR count). The summed E-state index contributed by atoms with van der Waals surface area (Å²) < 4.78 is 0.725. The molecule has 0 bridgehead atoms. The first-order valence-electron chi connectivity index (χ1n) is 6.15. The van der Waals surface area contributed by atoms with E-state index in [4.69, 9.17) is 11.6 Å². The van der Waals surface area contributed by atoms with E-state index in [9.17, 15) is 4.79 Å². The predicted octanol–water partition coefficient (Wildman–Crippen LogP) is 5.12. The Kier molecular flexibility index (Phi) is 3.40. The van der Waals surface area contributed by atoms with Crippen LogP contribution in [0.15, 0.2) is 46.9 Å². The van der Waals surface area contributed by atoms with Gasteiger partial charge in [-0.3, -0.25) is 4.79 Å². The number of nitrogens with one attached hydrogen (secondary N) is 1. The van der Waals surface area contributed by atoms with Gasteiger partial charge in [0.1, 0.15) is 0 Å². The molecule has 1 N–H and O–H groups in total. The Bertz CT molecular complexity index is 822. The molecular formula is C16H11BrClNO. The number of ketones is 1. The zero-order valence-electron chi connectivity index (χ0n) is 10.7. The predicted molar refractivity (Wildman–Crippen MR) is 85.6 cm³/mol. The van der Waals surface area contributed by atoms with Crippen molar-refractivity contribution in [3.8, 4) is 0 Å². The second kappa shape index (κ2) is 5.08. The van der Waals surface area contributed by atoms with Crippen LogP contribution in [0.3, 0.4) is 0 Å². The molecule has 2 nitrogen and oxygen atoms in total. The van der Waals surface area contributed by atoms with Crippen LogP contribution in [0.5, 0.6) is 0 Å². The highest BCUT2D eigenvalue weighted by Gasteiger charge is 2.20. The first-order valence-corrected chi connectivity index (χ1v) is 7.32. The molecule has 20 heavy (non-hydrogen) atoms. The van der Waals surface area contributed by atoms with E-state index in [0.29, 0.717) is 16.1 Å². The number of aromatic nitrogens is 1. The summed E-state index contributed by atoms with van der Waals surface area (Å²) in [6.07, 6.45) is 0. The number of aryl methyl sites for hydroxylation is 1. The molecule has 1 aromatic heterocycles. The fourth-order valence-electron chi connectivity index (χ4n) is 2.38. The quantitative estimate of drug-likeness (QED) is 0.640. The van der Waals surface area contributed by atoms with Gasteiger partial charge in [-0.2, -0.15) is 0 Å². The SMILES string of the molecule is Cc1[nH]c2ccccc2c1C(=O)c1cccc(Br)c1Cl. The number of H-pyrrole nitrogens is 1. The van der Waals surface area contributed by atoms with Crippen LogP contribution in [0.2, 0.25) is 5.02 Å². The molecule has 0 fully saturated rings. The van der Waals surface area contributed by atoms with E-state index in [0.717, 1.165) is 21.1 Å². The van der Waals surface area contributed by atoms with E-state index < -0.39 is 0 Å². The molecule has 100 valence electrons. The molecule has 2 aromatic carbocycles. The molecule has 0 radical (unpaired) electrons. The molecule has 0 aliphatic rings. The van der Waals surface area contributed by atoms with E-state index in [1.807, 2.05) is 43.3 Å². The Balaban J connectivity index is 2.23. The van der Waals surface area contributed by atoms with Crippen LogP contribution >= 0.6 is 27.5 Å². The Hall–Kier alpha value is -1.58. The normalized spacial score (nSPS) is 10.9. The summed E-state index contributed by atoms with van der Waals surface area (Å²) in [6.45, 7) is 1.90. The highest BCUT2D eigenvalue weighted by atomic mass is 79.9. The Morgan fingerprint density at radius 3 is 2.70 bits per heavy atom. The van der Waals surface area contributed by atoms with Crippen molar-refractivity contribution in [2.24, 2.45) is 0 Å². The van der Waals surface area contributed by atoms with Crippen molar-refractivity contribution in [1.82, 2.24) is 4.98 Å². The molecular weight excluding hydrogens is 338 g/mol. The summed E-state index contributed by atoms with van der Waals surface area (Å²) in [5.74, 6) is -0.0637. The van der Waals surface area contributed by atoms with Gasteiger partial charge in [0, 0.05) is 26.6 Å². The third-order valence-electron chi connectivity index (χ3n) is 3.32. The standard InChI is InChI=1S/C16H11BrClNO/c1-9-14(10-5-2-3-8-13(10)19-9)16(20)11-6-4-7-12(17)15(11)18/h2-8,19H,1H3. The van der Waals surface area contributed by atoms with Crippen molar-refractivity contribution >= 4 is 44.2 Å². The van der Waals surface area contributed by atoms with E-state index in [1.165, 1.54) is 0 Å². The van der Waals surface area contributed by atoms with E-state index in [2.05, 4.69) is 20.9 Å². The average Bonchev–Trinajstić information content (AvgIpc) is 2.77. The van der Waals surface area contributed by atoms with Crippen molar-refractivity contribution < 1.29 is 4.79 Å². The Morgan fingerprint density at radius 2 is 1.90 bits per heavy atom. The van der Waals surface area contributed by atoms with Gasteiger partial charge in [0.05, 0.1) is 10.6 Å². The van der Waals surface area contributed by atoms with Gasteiger partial charge in [-0.05, 0) is 41.1 Å². The van der Waals surface area contributed by atoms with Crippen molar-refractivity contribution in [2.45, 2.75) is 6.92 Å². The van der Waals surface area contributed by atoms with Crippen LogP contribution in [-0.4, -0.2) is 10.8 Å². The molecule has 0 saturated carbocycles. The van der Waals surface area contributed by atoms with Gasteiger partial charge < -0.3 is 4.98 Å². The van der Waals surface area contributed by atoms with Crippen molar-refractivity contribution in [3.05, 3.63) is 68.8 Å². The summed E-state index contributed by atoms with van der Waals surface area (Å²) in [5, 5.41) is 1.37. The third-order valence-corrected chi connectivity index (χ3v) is 4.61. The van der Waals surface area contributed by atoms with Crippen LogP contribution in [-0.2, 0) is 0 Å². The van der Waals surface area contributed by atoms with Crippen LogP contribution in [0, 0.1) is 6.92 Å². The van der Waals surface area contributed by atoms with Crippen LogP contribution < -0.4 is 0 Å². The second-order valence-corrected chi connectivity index (χ2v) is 5.83. The van der Waals surface area contributed by atoms with Crippen molar-refractivity contribution in [3.63, 3.8) is 0 Å². The molecule has 0 saturated heterocycles. The number of hydrogen-bond acceptors (Lipinski definition) is 1. The molecule has 0 aliphatic heterocycles. The van der Waals surface area contributed by atoms with E-state index in [-0.39, 0.29) is 5.78 Å². The summed E-state index contributed by atoms with van der Waals surface area (Å²) in [7, 11) is 0. The summed E-state index contributed by atoms with van der Waals surface area (Å²) in [4.78, 5) is 16.0. The van der Waals surface area contributed by atoms with E-state index in [1.54, 1.807) is 6.07 Å². The summed E-state index contributed by atoms with van der Waals surface area (Å²) >= 11 is 9.58. The lowest BCUT2D eigenvalue weighted by atomic mass is 10.0. The minimum absolute atomic E-state index is 0.0637. The van der Waals surface area contributed by atoms with Gasteiger partial charge in [0.25, 0.3) is 0 Å². The molecule has 0 atom stereocenters. The van der Waals surface area contributed by atoms with E-state index >= 15 is 0 Å². The number of fused-ring (bicyclic) bond motifs is 1. The first-order chi connectivity index (χ1) is 9.59. The molecule has 3 aromatic rings. The molecule has 0 amide bonds. The lowest BCUT2D eigenvalue weighted by molar-refractivity contribution is 0.104. The number of benzene rings is 2. The largest absolute Gasteiger partial charge is 0.358 e. The van der Waals surface area contributed by atoms with Gasteiger partial charge in [-0.1, -0.05) is 35.9 Å². The van der Waals surface area contributed by atoms with Gasteiger partial charge >= 0.3 is 0 Å². The average molecular weight is 349 g/mol. The minimum atomic E-state index is -0.0637. The van der Waals surface area contributed by atoms with Crippen LogP contribution in [0.4, 0.5) is 0 Å². The smallest absolute Gasteiger partial charge is 0.196 e. The van der Waals surface area contributed by atoms with Crippen molar-refractivity contribution in [2.75, 3.05) is 0 Å². The summed E-state index contributed by atoms with van der Waals surface area (Å²) in [5.41, 5.74) is 3.00. The Morgan fingerprint density at radius 1 is 1.15 bits per heavy atom. The highest BCUT2D eigenvalue weighted by molar-refractivity contribution is 9.10. The lowest BCUT2D eigenvalue weighted by Gasteiger charge is -2.05.